The Bertz CT molecular complexity index is 763. The number of hydrogen-bond donors (Lipinski definition) is 1. The maximum atomic E-state index is 12.4. The van der Waals surface area contributed by atoms with Crippen LogP contribution in [-0.4, -0.2) is 13.1 Å². The van der Waals surface area contributed by atoms with Crippen molar-refractivity contribution >= 4 is 23.1 Å². The number of nitrogens with one attached hydrogen (secondary N) is 1. The summed E-state index contributed by atoms with van der Waals surface area (Å²) < 4.78 is 5.15. The molecule has 4 nitrogen and oxygen atoms in total. The molecule has 112 valence electrons. The molecule has 1 heterocycles. The van der Waals surface area contributed by atoms with E-state index in [9.17, 15) is 4.79 Å². The second kappa shape index (κ2) is 5.22. The Morgan fingerprint density at radius 2 is 1.73 bits per heavy atom. The molecule has 1 aliphatic rings. The highest BCUT2D eigenvalue weighted by atomic mass is 16.5. The van der Waals surface area contributed by atoms with Gasteiger partial charge in [-0.3, -0.25) is 4.90 Å². The van der Waals surface area contributed by atoms with Gasteiger partial charge in [0.25, 0.3) is 0 Å². The smallest absolute Gasteiger partial charge is 0.330 e. The van der Waals surface area contributed by atoms with E-state index >= 15 is 0 Å². The Morgan fingerprint density at radius 1 is 1.09 bits per heavy atom. The summed E-state index contributed by atoms with van der Waals surface area (Å²) >= 11 is 0. The zero-order valence-electron chi connectivity index (χ0n) is 12.9. The monoisotopic (exact) mass is 294 g/mol. The fourth-order valence-electron chi connectivity index (χ4n) is 2.58. The first kappa shape index (κ1) is 14.2. The van der Waals surface area contributed by atoms with Gasteiger partial charge >= 0.3 is 6.03 Å². The molecule has 1 N–H and O–H groups in total. The maximum Gasteiger partial charge on any atom is 0.330 e. The quantitative estimate of drug-likeness (QED) is 0.895. The number of aryl methyl sites for hydroxylation is 2. The van der Waals surface area contributed by atoms with Crippen LogP contribution in [0.2, 0.25) is 0 Å². The molecule has 0 fully saturated rings. The molecule has 0 spiro atoms. The predicted molar refractivity (Wildman–Crippen MR) is 89.4 cm³/mol. The Balaban J connectivity index is 2.04. The van der Waals surface area contributed by atoms with Crippen molar-refractivity contribution in [3.63, 3.8) is 0 Å². The standard InChI is InChI=1S/C18H18N2O2/c1-11-9-16-13(3)20(14-5-7-15(22-4)8-6-14)18(21)19-17(16)10-12(11)2/h5-10H,3H2,1-2,4H3,(H,19,21). The van der Waals surface area contributed by atoms with E-state index in [0.717, 1.165) is 28.3 Å². The highest BCUT2D eigenvalue weighted by Gasteiger charge is 2.28. The van der Waals surface area contributed by atoms with Crippen LogP contribution in [0.25, 0.3) is 5.70 Å². The molecule has 4 heteroatoms. The summed E-state index contributed by atoms with van der Waals surface area (Å²) in [5.41, 5.74) is 5.50. The lowest BCUT2D eigenvalue weighted by atomic mass is 10.00. The minimum absolute atomic E-state index is 0.203. The minimum atomic E-state index is -0.203. The van der Waals surface area contributed by atoms with Crippen molar-refractivity contribution in [3.05, 3.63) is 59.7 Å². The van der Waals surface area contributed by atoms with E-state index in [4.69, 9.17) is 4.74 Å². The summed E-state index contributed by atoms with van der Waals surface area (Å²) in [7, 11) is 1.61. The first-order valence-electron chi connectivity index (χ1n) is 7.07. The van der Waals surface area contributed by atoms with E-state index in [1.165, 1.54) is 5.56 Å². The third-order valence-corrected chi connectivity index (χ3v) is 3.99. The largest absolute Gasteiger partial charge is 0.497 e. The van der Waals surface area contributed by atoms with Gasteiger partial charge in [-0.15, -0.1) is 0 Å². The molecule has 2 amide bonds. The number of rotatable bonds is 2. The van der Waals surface area contributed by atoms with Crippen LogP contribution in [0, 0.1) is 13.8 Å². The second-order valence-electron chi connectivity index (χ2n) is 5.39. The fourth-order valence-corrected chi connectivity index (χ4v) is 2.58. The van der Waals surface area contributed by atoms with Crippen LogP contribution in [0.4, 0.5) is 16.2 Å². The van der Waals surface area contributed by atoms with Crippen LogP contribution in [-0.2, 0) is 0 Å². The van der Waals surface area contributed by atoms with Gasteiger partial charge in [0.05, 0.1) is 24.2 Å². The topological polar surface area (TPSA) is 41.6 Å². The third kappa shape index (κ3) is 2.22. The molecule has 0 saturated heterocycles. The van der Waals surface area contributed by atoms with Crippen molar-refractivity contribution < 1.29 is 9.53 Å². The Hall–Kier alpha value is -2.75. The van der Waals surface area contributed by atoms with E-state index in [2.05, 4.69) is 24.9 Å². The number of benzene rings is 2. The molecular weight excluding hydrogens is 276 g/mol. The molecule has 0 aromatic heterocycles. The molecule has 2 aromatic carbocycles. The molecule has 0 unspecified atom stereocenters. The van der Waals surface area contributed by atoms with Gasteiger partial charge < -0.3 is 10.1 Å². The molecule has 0 aliphatic carbocycles. The first-order valence-corrected chi connectivity index (χ1v) is 7.07. The zero-order valence-corrected chi connectivity index (χ0v) is 12.9. The predicted octanol–water partition coefficient (Wildman–Crippen LogP) is 4.33. The number of carbonyl (C=O) groups is 1. The summed E-state index contributed by atoms with van der Waals surface area (Å²) in [5.74, 6) is 0.749. The van der Waals surface area contributed by atoms with E-state index in [1.54, 1.807) is 12.0 Å². The van der Waals surface area contributed by atoms with Gasteiger partial charge in [0, 0.05) is 5.56 Å². The van der Waals surface area contributed by atoms with Crippen molar-refractivity contribution in [3.8, 4) is 5.75 Å². The number of amides is 2. The van der Waals surface area contributed by atoms with Gasteiger partial charge in [-0.2, -0.15) is 0 Å². The normalized spacial score (nSPS) is 13.7. The van der Waals surface area contributed by atoms with Gasteiger partial charge in [-0.25, -0.2) is 4.79 Å². The highest BCUT2D eigenvalue weighted by Crippen LogP contribution is 2.36. The SMILES string of the molecule is C=C1c2cc(C)c(C)cc2NC(=O)N1c1ccc(OC)cc1. The van der Waals surface area contributed by atoms with Crippen molar-refractivity contribution in [1.29, 1.82) is 0 Å². The van der Waals surface area contributed by atoms with Crippen LogP contribution in [0.5, 0.6) is 5.75 Å². The lowest BCUT2D eigenvalue weighted by Gasteiger charge is -2.32. The third-order valence-electron chi connectivity index (χ3n) is 3.99. The molecule has 0 atom stereocenters. The van der Waals surface area contributed by atoms with E-state index in [-0.39, 0.29) is 6.03 Å². The molecule has 0 saturated carbocycles. The lowest BCUT2D eigenvalue weighted by molar-refractivity contribution is 0.259. The molecule has 22 heavy (non-hydrogen) atoms. The Kier molecular flexibility index (Phi) is 3.37. The van der Waals surface area contributed by atoms with Gasteiger partial charge in [0.15, 0.2) is 0 Å². The second-order valence-corrected chi connectivity index (χ2v) is 5.39. The molecule has 0 radical (unpaired) electrons. The van der Waals surface area contributed by atoms with Gasteiger partial charge in [0.2, 0.25) is 0 Å². The molecule has 0 bridgehead atoms. The van der Waals surface area contributed by atoms with Crippen LogP contribution in [0.3, 0.4) is 0 Å². The van der Waals surface area contributed by atoms with Crippen molar-refractivity contribution in [2.75, 3.05) is 17.3 Å². The summed E-state index contributed by atoms with van der Waals surface area (Å²) in [5, 5.41) is 2.93. The molecule has 2 aromatic rings. The van der Waals surface area contributed by atoms with E-state index in [0.29, 0.717) is 5.70 Å². The molecule has 3 rings (SSSR count). The number of fused-ring (bicyclic) bond motifs is 1. The zero-order chi connectivity index (χ0) is 15.9. The van der Waals surface area contributed by atoms with Gasteiger partial charge in [0.1, 0.15) is 5.75 Å². The summed E-state index contributed by atoms with van der Waals surface area (Å²) in [6.07, 6.45) is 0. The van der Waals surface area contributed by atoms with Gasteiger partial charge in [-0.1, -0.05) is 6.58 Å². The Labute approximate surface area is 130 Å². The summed E-state index contributed by atoms with van der Waals surface area (Å²) in [6, 6.07) is 11.2. The van der Waals surface area contributed by atoms with Gasteiger partial charge in [-0.05, 0) is 61.4 Å². The number of carbonyl (C=O) groups excluding carboxylic acids is 1. The van der Waals surface area contributed by atoms with Crippen molar-refractivity contribution in [2.24, 2.45) is 0 Å². The molecule has 1 aliphatic heterocycles. The number of ether oxygens (including phenoxy) is 1. The number of urea groups is 1. The Morgan fingerprint density at radius 3 is 2.36 bits per heavy atom. The fraction of sp³-hybridized carbons (Fsp3) is 0.167. The van der Waals surface area contributed by atoms with E-state index in [1.807, 2.05) is 37.3 Å². The average molecular weight is 294 g/mol. The summed E-state index contributed by atoms with van der Waals surface area (Å²) in [6.45, 7) is 8.19. The van der Waals surface area contributed by atoms with Crippen LogP contribution >= 0.6 is 0 Å². The number of hydrogen-bond acceptors (Lipinski definition) is 2. The van der Waals surface area contributed by atoms with Crippen LogP contribution < -0.4 is 15.0 Å². The minimum Gasteiger partial charge on any atom is -0.497 e. The van der Waals surface area contributed by atoms with Crippen LogP contribution in [0.15, 0.2) is 43.0 Å². The number of nitrogens with zero attached hydrogens (tertiary/aromatic N) is 1. The van der Waals surface area contributed by atoms with Crippen LogP contribution in [0.1, 0.15) is 16.7 Å². The maximum absolute atomic E-state index is 12.4. The first-order chi connectivity index (χ1) is 10.5. The van der Waals surface area contributed by atoms with Crippen molar-refractivity contribution in [1.82, 2.24) is 0 Å². The molecular formula is C18H18N2O2. The van der Waals surface area contributed by atoms with E-state index < -0.39 is 0 Å². The summed E-state index contributed by atoms with van der Waals surface area (Å²) in [4.78, 5) is 14.0. The number of methoxy groups -OCH3 is 1. The van der Waals surface area contributed by atoms with Crippen molar-refractivity contribution in [2.45, 2.75) is 13.8 Å². The highest BCUT2D eigenvalue weighted by molar-refractivity contribution is 6.16. The lowest BCUT2D eigenvalue weighted by Crippen LogP contribution is -2.37. The number of anilines is 2. The average Bonchev–Trinajstić information content (AvgIpc) is 2.50.